The first-order chi connectivity index (χ1) is 8.88. The summed E-state index contributed by atoms with van der Waals surface area (Å²) in [6.45, 7) is 3.12. The third kappa shape index (κ3) is 4.16. The van der Waals surface area contributed by atoms with Crippen LogP contribution in [-0.4, -0.2) is 44.5 Å². The topological polar surface area (TPSA) is 52.6 Å². The molecule has 1 N–H and O–H groups in total. The molecule has 0 atom stereocenters. The third-order valence-electron chi connectivity index (χ3n) is 2.84. The zero-order valence-corrected chi connectivity index (χ0v) is 10.7. The predicted molar refractivity (Wildman–Crippen MR) is 68.1 cm³/mol. The van der Waals surface area contributed by atoms with Crippen LogP contribution in [0.1, 0.15) is 12.8 Å². The first-order valence-corrected chi connectivity index (χ1v) is 6.33. The highest BCUT2D eigenvalue weighted by Gasteiger charge is 2.14. The third-order valence-corrected chi connectivity index (χ3v) is 2.84. The molecule has 1 aliphatic heterocycles. The van der Waals surface area contributed by atoms with Crippen LogP contribution in [0, 0.1) is 0 Å². The maximum Gasteiger partial charge on any atom is 0.213 e. The summed E-state index contributed by atoms with van der Waals surface area (Å²) in [4.78, 5) is 4.20. The number of rotatable bonds is 6. The molecule has 2 heterocycles. The standard InChI is InChI=1S/C13H20N2O3/c1-16-8-9-17-13-3-2-12(10-15-13)18-11-4-6-14-7-5-11/h2-3,10-11,14H,4-9H2,1H3. The molecule has 1 aromatic rings. The van der Waals surface area contributed by atoms with Crippen molar-refractivity contribution >= 4 is 0 Å². The van der Waals surface area contributed by atoms with E-state index < -0.39 is 0 Å². The summed E-state index contributed by atoms with van der Waals surface area (Å²) < 4.78 is 16.1. The average Bonchev–Trinajstić information content (AvgIpc) is 2.42. The molecule has 1 fully saturated rings. The Kier molecular flexibility index (Phi) is 5.23. The van der Waals surface area contributed by atoms with Gasteiger partial charge in [0.1, 0.15) is 18.5 Å². The highest BCUT2D eigenvalue weighted by atomic mass is 16.5. The number of nitrogens with one attached hydrogen (secondary N) is 1. The Morgan fingerprint density at radius 2 is 2.11 bits per heavy atom. The SMILES string of the molecule is COCCOc1ccc(OC2CCNCC2)cn1. The van der Waals surface area contributed by atoms with Crippen molar-refractivity contribution in [1.29, 1.82) is 0 Å². The molecule has 0 amide bonds. The van der Waals surface area contributed by atoms with Crippen molar-refractivity contribution in [3.05, 3.63) is 18.3 Å². The maximum atomic E-state index is 5.85. The lowest BCUT2D eigenvalue weighted by molar-refractivity contribution is 0.143. The van der Waals surface area contributed by atoms with Gasteiger partial charge in [0, 0.05) is 13.2 Å². The van der Waals surface area contributed by atoms with E-state index in [1.165, 1.54) is 0 Å². The second-order valence-corrected chi connectivity index (χ2v) is 4.24. The summed E-state index contributed by atoms with van der Waals surface area (Å²) >= 11 is 0. The molecule has 0 radical (unpaired) electrons. The molecule has 0 unspecified atom stereocenters. The van der Waals surface area contributed by atoms with Crippen LogP contribution in [0.3, 0.4) is 0 Å². The first kappa shape index (κ1) is 13.1. The van der Waals surface area contributed by atoms with E-state index in [2.05, 4.69) is 10.3 Å². The van der Waals surface area contributed by atoms with E-state index in [4.69, 9.17) is 14.2 Å². The molecule has 0 bridgehead atoms. The number of hydrogen-bond acceptors (Lipinski definition) is 5. The van der Waals surface area contributed by atoms with Crippen molar-refractivity contribution in [2.75, 3.05) is 33.4 Å². The Labute approximate surface area is 107 Å². The fraction of sp³-hybridized carbons (Fsp3) is 0.615. The molecule has 0 saturated carbocycles. The summed E-state index contributed by atoms with van der Waals surface area (Å²) in [5.74, 6) is 1.41. The summed E-state index contributed by atoms with van der Waals surface area (Å²) in [6.07, 6.45) is 4.11. The number of pyridine rings is 1. The molecule has 2 rings (SSSR count). The molecule has 1 saturated heterocycles. The lowest BCUT2D eigenvalue weighted by Crippen LogP contribution is -2.34. The van der Waals surface area contributed by atoms with Gasteiger partial charge in [0.05, 0.1) is 12.8 Å². The zero-order valence-electron chi connectivity index (χ0n) is 10.7. The van der Waals surface area contributed by atoms with Crippen LogP contribution in [-0.2, 0) is 4.74 Å². The van der Waals surface area contributed by atoms with E-state index in [1.807, 2.05) is 12.1 Å². The number of ether oxygens (including phenoxy) is 3. The number of nitrogens with zero attached hydrogens (tertiary/aromatic N) is 1. The van der Waals surface area contributed by atoms with Crippen LogP contribution in [0.15, 0.2) is 18.3 Å². The van der Waals surface area contributed by atoms with Crippen LogP contribution in [0.25, 0.3) is 0 Å². The molecule has 0 spiro atoms. The van der Waals surface area contributed by atoms with E-state index in [0.717, 1.165) is 31.7 Å². The molecule has 1 aliphatic rings. The van der Waals surface area contributed by atoms with E-state index in [1.54, 1.807) is 13.3 Å². The minimum atomic E-state index is 0.299. The lowest BCUT2D eigenvalue weighted by Gasteiger charge is -2.23. The number of hydrogen-bond donors (Lipinski definition) is 1. The van der Waals surface area contributed by atoms with Crippen molar-refractivity contribution in [2.45, 2.75) is 18.9 Å². The second-order valence-electron chi connectivity index (χ2n) is 4.24. The molecule has 5 heteroatoms. The van der Waals surface area contributed by atoms with Gasteiger partial charge in [0.2, 0.25) is 5.88 Å². The Hall–Kier alpha value is -1.33. The fourth-order valence-corrected chi connectivity index (χ4v) is 1.86. The van der Waals surface area contributed by atoms with Gasteiger partial charge in [-0.15, -0.1) is 0 Å². The summed E-state index contributed by atoms with van der Waals surface area (Å²) in [7, 11) is 1.65. The van der Waals surface area contributed by atoms with Gasteiger partial charge < -0.3 is 19.5 Å². The molecule has 0 aliphatic carbocycles. The normalized spacial score (nSPS) is 16.5. The summed E-state index contributed by atoms with van der Waals surface area (Å²) in [5, 5.41) is 3.31. The number of aromatic nitrogens is 1. The zero-order chi connectivity index (χ0) is 12.6. The van der Waals surface area contributed by atoms with Crippen LogP contribution >= 0.6 is 0 Å². The van der Waals surface area contributed by atoms with Crippen LogP contribution in [0.4, 0.5) is 0 Å². The van der Waals surface area contributed by atoms with Crippen LogP contribution in [0.2, 0.25) is 0 Å². The second kappa shape index (κ2) is 7.18. The van der Waals surface area contributed by atoms with Gasteiger partial charge in [0.25, 0.3) is 0 Å². The highest BCUT2D eigenvalue weighted by Crippen LogP contribution is 2.18. The van der Waals surface area contributed by atoms with E-state index >= 15 is 0 Å². The Balaban J connectivity index is 1.79. The van der Waals surface area contributed by atoms with Crippen molar-refractivity contribution in [3.63, 3.8) is 0 Å². The van der Waals surface area contributed by atoms with Crippen molar-refractivity contribution in [2.24, 2.45) is 0 Å². The van der Waals surface area contributed by atoms with Gasteiger partial charge in [-0.05, 0) is 32.0 Å². The highest BCUT2D eigenvalue weighted by molar-refractivity contribution is 5.23. The number of methoxy groups -OCH3 is 1. The van der Waals surface area contributed by atoms with Gasteiger partial charge in [-0.25, -0.2) is 4.98 Å². The Morgan fingerprint density at radius 3 is 2.78 bits per heavy atom. The van der Waals surface area contributed by atoms with Gasteiger partial charge in [0.15, 0.2) is 0 Å². The first-order valence-electron chi connectivity index (χ1n) is 6.33. The molecule has 1 aromatic heterocycles. The maximum absolute atomic E-state index is 5.85. The largest absolute Gasteiger partial charge is 0.489 e. The van der Waals surface area contributed by atoms with E-state index in [0.29, 0.717) is 25.2 Å². The smallest absolute Gasteiger partial charge is 0.213 e. The van der Waals surface area contributed by atoms with Crippen LogP contribution in [0.5, 0.6) is 11.6 Å². The summed E-state index contributed by atoms with van der Waals surface area (Å²) in [6, 6.07) is 3.73. The van der Waals surface area contributed by atoms with Crippen LogP contribution < -0.4 is 14.8 Å². The Bertz CT molecular complexity index is 337. The van der Waals surface area contributed by atoms with Crippen molar-refractivity contribution in [3.8, 4) is 11.6 Å². The van der Waals surface area contributed by atoms with Gasteiger partial charge in [-0.1, -0.05) is 0 Å². The minimum Gasteiger partial charge on any atom is -0.489 e. The summed E-state index contributed by atoms with van der Waals surface area (Å²) in [5.41, 5.74) is 0. The van der Waals surface area contributed by atoms with E-state index in [9.17, 15) is 0 Å². The molecule has 100 valence electrons. The molecular formula is C13H20N2O3. The lowest BCUT2D eigenvalue weighted by atomic mass is 10.1. The molecule has 18 heavy (non-hydrogen) atoms. The van der Waals surface area contributed by atoms with Gasteiger partial charge in [-0.2, -0.15) is 0 Å². The monoisotopic (exact) mass is 252 g/mol. The Morgan fingerprint density at radius 1 is 1.28 bits per heavy atom. The van der Waals surface area contributed by atoms with Crippen molar-refractivity contribution < 1.29 is 14.2 Å². The minimum absolute atomic E-state index is 0.299. The molecular weight excluding hydrogens is 232 g/mol. The quantitative estimate of drug-likeness (QED) is 0.772. The van der Waals surface area contributed by atoms with Gasteiger partial charge in [-0.3, -0.25) is 0 Å². The molecule has 0 aromatic carbocycles. The van der Waals surface area contributed by atoms with Gasteiger partial charge >= 0.3 is 0 Å². The van der Waals surface area contributed by atoms with Crippen molar-refractivity contribution in [1.82, 2.24) is 10.3 Å². The number of piperidine rings is 1. The fourth-order valence-electron chi connectivity index (χ4n) is 1.86. The predicted octanol–water partition coefficient (Wildman–Crippen LogP) is 1.24. The molecule has 5 nitrogen and oxygen atoms in total. The average molecular weight is 252 g/mol. The van der Waals surface area contributed by atoms with E-state index in [-0.39, 0.29) is 0 Å².